The van der Waals surface area contributed by atoms with Crippen LogP contribution >= 0.6 is 23.1 Å². The Balaban J connectivity index is 1.42. The number of nitrogens with zero attached hydrogens (tertiary/aromatic N) is 1. The van der Waals surface area contributed by atoms with Crippen LogP contribution in [-0.4, -0.2) is 27.3 Å². The Kier molecular flexibility index (Phi) is 4.91. The Hall–Kier alpha value is -2.71. The number of nitrogens with one attached hydrogen (secondary N) is 2. The number of carbonyl (C=O) groups is 3. The zero-order valence-electron chi connectivity index (χ0n) is 14.1. The van der Waals surface area contributed by atoms with Gasteiger partial charge in [0, 0.05) is 23.9 Å². The summed E-state index contributed by atoms with van der Waals surface area (Å²) >= 11 is 2.25. The highest BCUT2D eigenvalue weighted by Crippen LogP contribution is 2.27. The number of fused-ring (bicyclic) bond motifs is 1. The maximum Gasteiger partial charge on any atom is 0.286 e. The van der Waals surface area contributed by atoms with E-state index < -0.39 is 16.4 Å². The first-order valence-corrected chi connectivity index (χ1v) is 10.0. The van der Waals surface area contributed by atoms with Crippen LogP contribution in [0.2, 0.25) is 0 Å². The minimum Gasteiger partial charge on any atom is -0.302 e. The van der Waals surface area contributed by atoms with Crippen molar-refractivity contribution in [3.63, 3.8) is 0 Å². The number of thioether (sulfide) groups is 1. The number of thiazole rings is 1. The largest absolute Gasteiger partial charge is 0.302 e. The topological polar surface area (TPSA) is 88.2 Å². The van der Waals surface area contributed by atoms with Crippen LogP contribution < -0.4 is 10.6 Å². The van der Waals surface area contributed by atoms with Crippen molar-refractivity contribution < 1.29 is 14.4 Å². The molecule has 0 unspecified atom stereocenters. The molecule has 0 bridgehead atoms. The van der Waals surface area contributed by atoms with E-state index in [0.717, 1.165) is 23.1 Å². The second kappa shape index (κ2) is 7.50. The highest BCUT2D eigenvalue weighted by molar-refractivity contribution is 8.15. The Morgan fingerprint density at radius 1 is 1.15 bits per heavy atom. The highest BCUT2D eigenvalue weighted by atomic mass is 32.2. The monoisotopic (exact) mass is 397 g/mol. The van der Waals surface area contributed by atoms with Crippen molar-refractivity contribution in [2.45, 2.75) is 18.1 Å². The molecule has 0 spiro atoms. The van der Waals surface area contributed by atoms with Gasteiger partial charge in [-0.3, -0.25) is 19.7 Å². The molecule has 1 aromatic heterocycles. The fourth-order valence-electron chi connectivity index (χ4n) is 2.95. The first-order valence-electron chi connectivity index (χ1n) is 8.31. The lowest BCUT2D eigenvalue weighted by atomic mass is 10.0. The Morgan fingerprint density at radius 2 is 1.96 bits per heavy atom. The molecule has 3 aromatic rings. The van der Waals surface area contributed by atoms with Gasteiger partial charge >= 0.3 is 0 Å². The molecule has 6 nitrogen and oxygen atoms in total. The van der Waals surface area contributed by atoms with E-state index in [2.05, 4.69) is 39.9 Å². The Labute approximate surface area is 163 Å². The van der Waals surface area contributed by atoms with Crippen molar-refractivity contribution >= 4 is 56.1 Å². The molecule has 3 amide bonds. The van der Waals surface area contributed by atoms with Crippen LogP contribution in [0.5, 0.6) is 0 Å². The number of imide groups is 1. The molecule has 0 aliphatic carbocycles. The van der Waals surface area contributed by atoms with Crippen LogP contribution in [-0.2, 0) is 16.0 Å². The second-order valence-corrected chi connectivity index (χ2v) is 8.37. The molecule has 1 aliphatic heterocycles. The molecule has 1 saturated heterocycles. The standard InChI is InChI=1S/C19H15N3O3S2/c23-16(9-15-17(24)22-19(25)27-15)21-18-20-10-13(26-18)8-12-6-3-5-11-4-1-2-7-14(11)12/h1-7,10,15H,8-9H2,(H,20,21,23)(H,22,24,25)/t15-/m1/s1. The summed E-state index contributed by atoms with van der Waals surface area (Å²) in [6.07, 6.45) is 2.42. The van der Waals surface area contributed by atoms with Crippen LogP contribution in [0.3, 0.4) is 0 Å². The number of anilines is 1. The van der Waals surface area contributed by atoms with Crippen molar-refractivity contribution in [3.8, 4) is 0 Å². The lowest BCUT2D eigenvalue weighted by molar-refractivity contribution is -0.122. The normalized spacial score (nSPS) is 16.5. The third-order valence-electron chi connectivity index (χ3n) is 4.18. The average Bonchev–Trinajstić information content (AvgIpc) is 3.21. The molecule has 1 atom stereocenters. The molecular formula is C19H15N3O3S2. The minimum atomic E-state index is -0.674. The maximum atomic E-state index is 12.1. The number of benzene rings is 2. The van der Waals surface area contributed by atoms with Gasteiger partial charge in [0.15, 0.2) is 5.13 Å². The number of hydrogen-bond donors (Lipinski definition) is 2. The summed E-state index contributed by atoms with van der Waals surface area (Å²) in [6.45, 7) is 0. The van der Waals surface area contributed by atoms with Gasteiger partial charge in [-0.25, -0.2) is 4.98 Å². The zero-order valence-corrected chi connectivity index (χ0v) is 15.7. The first-order chi connectivity index (χ1) is 13.1. The smallest absolute Gasteiger partial charge is 0.286 e. The third kappa shape index (κ3) is 4.01. The zero-order chi connectivity index (χ0) is 18.8. The predicted octanol–water partition coefficient (Wildman–Crippen LogP) is 3.57. The summed E-state index contributed by atoms with van der Waals surface area (Å²) in [5.41, 5.74) is 1.20. The maximum absolute atomic E-state index is 12.1. The summed E-state index contributed by atoms with van der Waals surface area (Å²) in [7, 11) is 0. The fraction of sp³-hybridized carbons (Fsp3) is 0.158. The molecular weight excluding hydrogens is 382 g/mol. The summed E-state index contributed by atoms with van der Waals surface area (Å²) in [5, 5.41) is 6.68. The Bertz CT molecular complexity index is 1040. The molecule has 2 aromatic carbocycles. The summed E-state index contributed by atoms with van der Waals surface area (Å²) in [5.74, 6) is -0.751. The van der Waals surface area contributed by atoms with Crippen molar-refractivity contribution in [3.05, 3.63) is 59.1 Å². The van der Waals surface area contributed by atoms with Crippen LogP contribution in [0.1, 0.15) is 16.9 Å². The van der Waals surface area contributed by atoms with E-state index in [1.807, 2.05) is 18.2 Å². The number of amides is 3. The van der Waals surface area contributed by atoms with Gasteiger partial charge in [0.05, 0.1) is 0 Å². The molecule has 1 fully saturated rings. The number of rotatable bonds is 5. The van der Waals surface area contributed by atoms with E-state index in [9.17, 15) is 14.4 Å². The van der Waals surface area contributed by atoms with Gasteiger partial charge in [0.1, 0.15) is 5.25 Å². The lowest BCUT2D eigenvalue weighted by Gasteiger charge is -2.05. The van der Waals surface area contributed by atoms with Gasteiger partial charge in [0.2, 0.25) is 11.8 Å². The van der Waals surface area contributed by atoms with Crippen molar-refractivity contribution in [2.24, 2.45) is 0 Å². The van der Waals surface area contributed by atoms with Gasteiger partial charge < -0.3 is 5.32 Å². The van der Waals surface area contributed by atoms with Gasteiger partial charge in [-0.2, -0.15) is 0 Å². The summed E-state index contributed by atoms with van der Waals surface area (Å²) in [6, 6.07) is 14.4. The van der Waals surface area contributed by atoms with E-state index in [4.69, 9.17) is 0 Å². The molecule has 2 heterocycles. The molecule has 136 valence electrons. The minimum absolute atomic E-state index is 0.0551. The van der Waals surface area contributed by atoms with Crippen LogP contribution in [0.15, 0.2) is 48.7 Å². The number of hydrogen-bond acceptors (Lipinski definition) is 6. The van der Waals surface area contributed by atoms with Crippen molar-refractivity contribution in [2.75, 3.05) is 5.32 Å². The number of aromatic nitrogens is 1. The quantitative estimate of drug-likeness (QED) is 0.687. The highest BCUT2D eigenvalue weighted by Gasteiger charge is 2.33. The van der Waals surface area contributed by atoms with E-state index in [-0.39, 0.29) is 12.3 Å². The predicted molar refractivity (Wildman–Crippen MR) is 107 cm³/mol. The average molecular weight is 397 g/mol. The van der Waals surface area contributed by atoms with E-state index in [1.165, 1.54) is 27.7 Å². The molecule has 27 heavy (non-hydrogen) atoms. The van der Waals surface area contributed by atoms with Gasteiger partial charge in [-0.05, 0) is 16.3 Å². The number of carbonyl (C=O) groups excluding carboxylic acids is 3. The van der Waals surface area contributed by atoms with E-state index >= 15 is 0 Å². The third-order valence-corrected chi connectivity index (χ3v) is 6.08. The molecule has 8 heteroatoms. The van der Waals surface area contributed by atoms with Gasteiger partial charge in [-0.15, -0.1) is 11.3 Å². The molecule has 0 radical (unpaired) electrons. The van der Waals surface area contributed by atoms with Gasteiger partial charge in [-0.1, -0.05) is 54.2 Å². The summed E-state index contributed by atoms with van der Waals surface area (Å²) in [4.78, 5) is 40.1. The molecule has 4 rings (SSSR count). The molecule has 0 saturated carbocycles. The van der Waals surface area contributed by atoms with E-state index in [0.29, 0.717) is 5.13 Å². The van der Waals surface area contributed by atoms with E-state index in [1.54, 1.807) is 6.20 Å². The Morgan fingerprint density at radius 3 is 2.78 bits per heavy atom. The fourth-order valence-corrected chi connectivity index (χ4v) is 4.62. The first kappa shape index (κ1) is 17.7. The second-order valence-electron chi connectivity index (χ2n) is 6.08. The summed E-state index contributed by atoms with van der Waals surface area (Å²) < 4.78 is 0. The van der Waals surface area contributed by atoms with Crippen LogP contribution in [0.4, 0.5) is 9.93 Å². The molecule has 1 aliphatic rings. The van der Waals surface area contributed by atoms with Crippen LogP contribution in [0.25, 0.3) is 10.8 Å². The van der Waals surface area contributed by atoms with Crippen molar-refractivity contribution in [1.29, 1.82) is 0 Å². The van der Waals surface area contributed by atoms with Gasteiger partial charge in [0.25, 0.3) is 5.24 Å². The van der Waals surface area contributed by atoms with Crippen LogP contribution in [0, 0.1) is 0 Å². The SMILES string of the molecule is O=C(C[C@H]1SC(=O)NC1=O)Nc1ncc(Cc2cccc3ccccc23)s1. The lowest BCUT2D eigenvalue weighted by Crippen LogP contribution is -2.27. The molecule has 2 N–H and O–H groups in total. The van der Waals surface area contributed by atoms with Crippen molar-refractivity contribution in [1.82, 2.24) is 10.3 Å².